The molecule has 1 aromatic rings. The molecule has 0 amide bonds. The molecule has 2 heterocycles. The van der Waals surface area contributed by atoms with Crippen molar-refractivity contribution in [3.05, 3.63) is 22.5 Å². The molecule has 0 saturated heterocycles. The molecule has 0 radical (unpaired) electrons. The predicted octanol–water partition coefficient (Wildman–Crippen LogP) is 0.692. The van der Waals surface area contributed by atoms with Gasteiger partial charge < -0.3 is 14.6 Å². The number of ether oxygens (including phenoxy) is 2. The molecule has 2 atom stereocenters. The first-order valence-corrected chi connectivity index (χ1v) is 6.01. The van der Waals surface area contributed by atoms with Crippen LogP contribution in [0.3, 0.4) is 0 Å². The van der Waals surface area contributed by atoms with Gasteiger partial charge in [-0.25, -0.2) is 9.59 Å². The van der Waals surface area contributed by atoms with Gasteiger partial charge in [0.2, 0.25) is 0 Å². The Balaban J connectivity index is 2.26. The average Bonchev–Trinajstić information content (AvgIpc) is 2.64. The number of hydrogen-bond acceptors (Lipinski definition) is 7. The third kappa shape index (κ3) is 1.69. The molecule has 1 aromatic heterocycles. The molecular formula is C12H12N2O5. The maximum Gasteiger partial charge on any atom is 0.359 e. The summed E-state index contributed by atoms with van der Waals surface area (Å²) in [6.07, 6.45) is 0.463. The minimum atomic E-state index is -0.863. The van der Waals surface area contributed by atoms with Crippen molar-refractivity contribution in [1.29, 1.82) is 0 Å². The van der Waals surface area contributed by atoms with Gasteiger partial charge in [0.15, 0.2) is 11.4 Å². The highest BCUT2D eigenvalue weighted by molar-refractivity contribution is 5.95. The summed E-state index contributed by atoms with van der Waals surface area (Å²) in [5, 5.41) is 17.6. The molecule has 0 aromatic carbocycles. The van der Waals surface area contributed by atoms with E-state index in [0.717, 1.165) is 0 Å². The van der Waals surface area contributed by atoms with Gasteiger partial charge in [-0.1, -0.05) is 0 Å². The van der Waals surface area contributed by atoms with Gasteiger partial charge in [0.05, 0.1) is 13.2 Å². The number of methoxy groups -OCH3 is 1. The van der Waals surface area contributed by atoms with Gasteiger partial charge >= 0.3 is 11.9 Å². The number of esters is 2. The van der Waals surface area contributed by atoms with Crippen LogP contribution < -0.4 is 0 Å². The summed E-state index contributed by atoms with van der Waals surface area (Å²) in [6, 6.07) is 0. The topological polar surface area (TPSA) is 98.6 Å². The van der Waals surface area contributed by atoms with Crippen molar-refractivity contribution in [2.75, 3.05) is 7.11 Å². The molecule has 7 heteroatoms. The second kappa shape index (κ2) is 4.27. The van der Waals surface area contributed by atoms with E-state index < -0.39 is 24.1 Å². The number of aliphatic hydroxyl groups excluding tert-OH is 1. The van der Waals surface area contributed by atoms with Crippen LogP contribution in [0.25, 0.3) is 0 Å². The van der Waals surface area contributed by atoms with Gasteiger partial charge in [-0.15, -0.1) is 10.2 Å². The monoisotopic (exact) mass is 264 g/mol. The lowest BCUT2D eigenvalue weighted by molar-refractivity contribution is 0.0362. The van der Waals surface area contributed by atoms with Crippen LogP contribution in [0.5, 0.6) is 0 Å². The Bertz CT molecular complexity index is 571. The first-order valence-electron chi connectivity index (χ1n) is 6.01. The fourth-order valence-corrected chi connectivity index (χ4v) is 2.61. The van der Waals surface area contributed by atoms with Gasteiger partial charge in [-0.3, -0.25) is 0 Å². The molecule has 1 aliphatic carbocycles. The number of hydrogen-bond donors (Lipinski definition) is 1. The van der Waals surface area contributed by atoms with E-state index in [1.165, 1.54) is 7.11 Å². The van der Waals surface area contributed by atoms with Crippen LogP contribution in [-0.4, -0.2) is 34.4 Å². The maximum atomic E-state index is 11.7. The Morgan fingerprint density at radius 1 is 1.37 bits per heavy atom. The van der Waals surface area contributed by atoms with Crippen LogP contribution in [0.2, 0.25) is 0 Å². The van der Waals surface area contributed by atoms with E-state index in [1.54, 1.807) is 0 Å². The van der Waals surface area contributed by atoms with E-state index in [0.29, 0.717) is 30.4 Å². The zero-order valence-electron chi connectivity index (χ0n) is 10.3. The van der Waals surface area contributed by atoms with Crippen molar-refractivity contribution in [3.63, 3.8) is 0 Å². The lowest BCUT2D eigenvalue weighted by Gasteiger charge is -2.14. The number of nitrogens with zero attached hydrogens (tertiary/aromatic N) is 2. The minimum Gasteiger partial charge on any atom is -0.464 e. The number of aromatic nitrogens is 2. The van der Waals surface area contributed by atoms with Crippen molar-refractivity contribution in [1.82, 2.24) is 10.2 Å². The molecule has 1 aliphatic heterocycles. The van der Waals surface area contributed by atoms with Crippen molar-refractivity contribution < 1.29 is 24.2 Å². The van der Waals surface area contributed by atoms with Crippen molar-refractivity contribution in [2.24, 2.45) is 0 Å². The molecule has 0 spiro atoms. The van der Waals surface area contributed by atoms with Crippen molar-refractivity contribution in [2.45, 2.75) is 31.5 Å². The second-order valence-electron chi connectivity index (χ2n) is 4.56. The van der Waals surface area contributed by atoms with Crippen LogP contribution in [0.15, 0.2) is 0 Å². The summed E-state index contributed by atoms with van der Waals surface area (Å²) in [4.78, 5) is 23.4. The smallest absolute Gasteiger partial charge is 0.359 e. The summed E-state index contributed by atoms with van der Waals surface area (Å²) < 4.78 is 9.84. The second-order valence-corrected chi connectivity index (χ2v) is 4.56. The fourth-order valence-electron chi connectivity index (χ4n) is 2.61. The Hall–Kier alpha value is -2.02. The molecule has 0 saturated carbocycles. The molecule has 7 nitrogen and oxygen atoms in total. The first-order chi connectivity index (χ1) is 9.13. The maximum absolute atomic E-state index is 11.7. The molecular weight excluding hydrogens is 252 g/mol. The lowest BCUT2D eigenvalue weighted by Crippen LogP contribution is -2.16. The van der Waals surface area contributed by atoms with E-state index in [1.807, 2.05) is 0 Å². The molecule has 0 fully saturated rings. The van der Waals surface area contributed by atoms with Gasteiger partial charge in [0, 0.05) is 11.1 Å². The zero-order chi connectivity index (χ0) is 13.6. The van der Waals surface area contributed by atoms with E-state index >= 15 is 0 Å². The van der Waals surface area contributed by atoms with Crippen LogP contribution in [0, 0.1) is 0 Å². The summed E-state index contributed by atoms with van der Waals surface area (Å²) in [5.74, 6) is -1.23. The van der Waals surface area contributed by atoms with Crippen LogP contribution in [0.1, 0.15) is 63.6 Å². The van der Waals surface area contributed by atoms with Gasteiger partial charge in [0.25, 0.3) is 0 Å². The molecule has 0 bridgehead atoms. The number of carbonyl (C=O) groups excluding carboxylic acids is 2. The van der Waals surface area contributed by atoms with Gasteiger partial charge in [-0.2, -0.15) is 0 Å². The van der Waals surface area contributed by atoms with E-state index in [2.05, 4.69) is 14.9 Å². The Labute approximate surface area is 108 Å². The third-order valence-corrected chi connectivity index (χ3v) is 3.47. The predicted molar refractivity (Wildman–Crippen MR) is 60.3 cm³/mol. The quantitative estimate of drug-likeness (QED) is 0.745. The normalized spacial score (nSPS) is 24.4. The first kappa shape index (κ1) is 12.0. The molecule has 2 aliphatic rings. The fraction of sp³-hybridized carbons (Fsp3) is 0.500. The highest BCUT2D eigenvalue weighted by Crippen LogP contribution is 2.42. The minimum absolute atomic E-state index is 0.0426. The van der Waals surface area contributed by atoms with Gasteiger partial charge in [-0.05, 0) is 19.3 Å². The lowest BCUT2D eigenvalue weighted by atomic mass is 9.98. The summed E-state index contributed by atoms with van der Waals surface area (Å²) >= 11 is 0. The van der Waals surface area contributed by atoms with E-state index in [9.17, 15) is 14.7 Å². The summed E-state index contributed by atoms with van der Waals surface area (Å²) in [7, 11) is 1.23. The van der Waals surface area contributed by atoms with Gasteiger partial charge in [0.1, 0.15) is 6.10 Å². The highest BCUT2D eigenvalue weighted by Gasteiger charge is 2.41. The Kier molecular flexibility index (Phi) is 2.70. The molecule has 100 valence electrons. The summed E-state index contributed by atoms with van der Waals surface area (Å²) in [6.45, 7) is 0. The van der Waals surface area contributed by atoms with Crippen LogP contribution in [-0.2, 0) is 9.47 Å². The molecule has 1 N–H and O–H groups in total. The van der Waals surface area contributed by atoms with E-state index in [-0.39, 0.29) is 11.4 Å². The third-order valence-electron chi connectivity index (χ3n) is 3.47. The number of aliphatic hydroxyl groups is 1. The Morgan fingerprint density at radius 2 is 2.16 bits per heavy atom. The van der Waals surface area contributed by atoms with Crippen LogP contribution >= 0.6 is 0 Å². The largest absolute Gasteiger partial charge is 0.464 e. The molecule has 3 rings (SSSR count). The average molecular weight is 264 g/mol. The number of carbonyl (C=O) groups is 2. The number of rotatable bonds is 1. The Morgan fingerprint density at radius 3 is 2.89 bits per heavy atom. The van der Waals surface area contributed by atoms with E-state index in [4.69, 9.17) is 4.74 Å². The standard InChI is InChI=1S/C12H12N2O5/c1-18-11(16)9-7-5(15)3-2-4-6-8(7)10(14-13-9)12(17)19-6/h5-6,15H,2-4H2,1H3. The highest BCUT2D eigenvalue weighted by atomic mass is 16.6. The van der Waals surface area contributed by atoms with Crippen molar-refractivity contribution in [3.8, 4) is 0 Å². The zero-order valence-corrected chi connectivity index (χ0v) is 10.3. The molecule has 19 heavy (non-hydrogen) atoms. The molecule has 2 unspecified atom stereocenters. The van der Waals surface area contributed by atoms with Crippen molar-refractivity contribution >= 4 is 11.9 Å². The van der Waals surface area contributed by atoms with Crippen LogP contribution in [0.4, 0.5) is 0 Å². The SMILES string of the molecule is COC(=O)c1nnc2c3c1C(O)CCCC3OC2=O. The summed E-state index contributed by atoms with van der Waals surface area (Å²) in [5.41, 5.74) is 0.864.